The summed E-state index contributed by atoms with van der Waals surface area (Å²) >= 11 is 0. The van der Waals surface area contributed by atoms with Gasteiger partial charge in [-0.05, 0) is 13.0 Å². The second-order valence-electron chi connectivity index (χ2n) is 2.10. The van der Waals surface area contributed by atoms with Gasteiger partial charge in [0.15, 0.2) is 0 Å². The summed E-state index contributed by atoms with van der Waals surface area (Å²) in [5.41, 5.74) is 5.21. The maximum Gasteiger partial charge on any atom is 0.668 e. The Morgan fingerprint density at radius 2 is 1.45 bits per heavy atom. The monoisotopic (exact) mass is 183 g/mol. The van der Waals surface area contributed by atoms with Gasteiger partial charge in [-0.1, -0.05) is 19.8 Å². The predicted molar refractivity (Wildman–Crippen MR) is 43.2 cm³/mol. The Kier molecular flexibility index (Phi) is 10.0. The minimum Gasteiger partial charge on any atom is -0.368 e. The summed E-state index contributed by atoms with van der Waals surface area (Å²) in [5, 5.41) is 0. The minimum atomic E-state index is -4.61. The molecule has 70 valence electrons. The Bertz CT molecular complexity index is 65.4. The largest absolute Gasteiger partial charge is 0.668 e. The van der Waals surface area contributed by atoms with Gasteiger partial charge in [0.2, 0.25) is 0 Å². The molecule has 0 atom stereocenters. The molecule has 0 saturated carbocycles. The lowest BCUT2D eigenvalue weighted by atomic mass is 10.3. The fourth-order valence-corrected chi connectivity index (χ4v) is 0.394. The lowest BCUT2D eigenvalue weighted by molar-refractivity contribution is 0.117. The minimum absolute atomic E-state index is 0.855. The van der Waals surface area contributed by atoms with E-state index in [4.69, 9.17) is 24.9 Å². The molecule has 0 aliphatic carbocycles. The van der Waals surface area contributed by atoms with Crippen LogP contribution in [0.25, 0.3) is 0 Å². The van der Waals surface area contributed by atoms with Crippen molar-refractivity contribution in [2.75, 3.05) is 6.54 Å². The molecule has 0 spiro atoms. The molecule has 0 amide bonds. The van der Waals surface area contributed by atoms with E-state index < -0.39 is 9.05 Å². The van der Waals surface area contributed by atoms with Gasteiger partial charge in [0.1, 0.15) is 0 Å². The lowest BCUT2D eigenvalue weighted by Crippen LogP contribution is -2.33. The molecule has 0 bridgehead atoms. The van der Waals surface area contributed by atoms with Crippen LogP contribution < -0.4 is 5.73 Å². The van der Waals surface area contributed by atoms with E-state index in [1.54, 1.807) is 0 Å². The van der Waals surface area contributed by atoms with Crippen LogP contribution in [0, 0.1) is 0 Å². The highest BCUT2D eigenvalue weighted by Crippen LogP contribution is 1.88. The van der Waals surface area contributed by atoms with Crippen LogP contribution in [0.5, 0.6) is 0 Å². The molecule has 0 aromatic rings. The van der Waals surface area contributed by atoms with Crippen molar-refractivity contribution in [3.05, 3.63) is 0 Å². The van der Waals surface area contributed by atoms with Gasteiger partial charge in [0.25, 0.3) is 0 Å². The summed E-state index contributed by atoms with van der Waals surface area (Å²) in [6.07, 6.45) is 3.75. The third-order valence-corrected chi connectivity index (χ3v) is 0.808. The van der Waals surface area contributed by atoms with Crippen molar-refractivity contribution in [3.8, 4) is 0 Å². The van der Waals surface area contributed by atoms with Crippen molar-refractivity contribution in [2.45, 2.75) is 26.2 Å². The lowest BCUT2D eigenvalue weighted by Gasteiger charge is -1.91. The number of hydrogen-bond acceptors (Lipinski definition) is 5. The molecule has 6 heteroatoms. The van der Waals surface area contributed by atoms with Gasteiger partial charge in [-0.2, -0.15) is 0 Å². The molecule has 0 aliphatic rings. The molecule has 0 rings (SSSR count). The van der Waals surface area contributed by atoms with Crippen molar-refractivity contribution < 1.29 is 19.2 Å². The molecule has 0 heterocycles. The van der Waals surface area contributed by atoms with E-state index in [9.17, 15) is 0 Å². The van der Waals surface area contributed by atoms with Crippen LogP contribution in [0.4, 0.5) is 0 Å². The molecule has 5 nitrogen and oxygen atoms in total. The first-order chi connectivity index (χ1) is 4.91. The summed E-state index contributed by atoms with van der Waals surface area (Å²) in [4.78, 5) is 29.3. The molecule has 0 saturated heterocycles. The highest BCUT2D eigenvalue weighted by Gasteiger charge is 2.22. The fraction of sp³-hybridized carbons (Fsp3) is 1.00. The average Bonchev–Trinajstić information content (AvgIpc) is 1.79. The molecule has 11 heavy (non-hydrogen) atoms. The molecule has 6 N–H and O–H groups in total. The summed E-state index contributed by atoms with van der Waals surface area (Å²) in [6.45, 7) is 3.03. The first-order valence-electron chi connectivity index (χ1n) is 3.51. The summed E-state index contributed by atoms with van der Waals surface area (Å²) in [6, 6.07) is 0. The number of unbranched alkanes of at least 4 members (excludes halogenated alkanes) is 2. The van der Waals surface area contributed by atoms with Crippen LogP contribution in [-0.4, -0.2) is 34.8 Å². The van der Waals surface area contributed by atoms with Gasteiger partial charge >= 0.3 is 9.05 Å². The average molecular weight is 183 g/mol. The third-order valence-electron chi connectivity index (χ3n) is 0.808. The Balaban J connectivity index is 0. The smallest absolute Gasteiger partial charge is 0.368 e. The Labute approximate surface area is 67.6 Å². The first kappa shape index (κ1) is 13.6. The Hall–Kier alpha value is 0.0169. The maximum absolute atomic E-state index is 7.33. The van der Waals surface area contributed by atoms with E-state index in [1.807, 2.05) is 0 Å². The normalized spacial score (nSPS) is 10.4. The highest BCUT2D eigenvalue weighted by atomic mass is 28.4. The van der Waals surface area contributed by atoms with Crippen LogP contribution in [0.15, 0.2) is 0 Å². The predicted octanol–water partition coefficient (Wildman–Crippen LogP) is -1.47. The molecule has 0 aliphatic heterocycles. The van der Waals surface area contributed by atoms with E-state index in [2.05, 4.69) is 6.92 Å². The Morgan fingerprint density at radius 3 is 1.55 bits per heavy atom. The molecular formula is C5H17NO4Si. The first-order valence-corrected chi connectivity index (χ1v) is 5.30. The van der Waals surface area contributed by atoms with Crippen molar-refractivity contribution in [3.63, 3.8) is 0 Å². The van der Waals surface area contributed by atoms with Crippen molar-refractivity contribution in [2.24, 2.45) is 5.73 Å². The molecule has 0 unspecified atom stereocenters. The van der Waals surface area contributed by atoms with Gasteiger partial charge in [-0.25, -0.2) is 0 Å². The van der Waals surface area contributed by atoms with Crippen molar-refractivity contribution in [1.29, 1.82) is 0 Å². The zero-order valence-corrected chi connectivity index (χ0v) is 7.69. The number of rotatable bonds is 3. The van der Waals surface area contributed by atoms with Crippen molar-refractivity contribution in [1.82, 2.24) is 0 Å². The van der Waals surface area contributed by atoms with Crippen LogP contribution in [-0.2, 0) is 0 Å². The quantitative estimate of drug-likeness (QED) is 0.271. The van der Waals surface area contributed by atoms with E-state index in [1.165, 1.54) is 19.3 Å². The zero-order valence-electron chi connectivity index (χ0n) is 6.69. The molecule has 0 aromatic carbocycles. The zero-order chi connectivity index (χ0) is 9.33. The van der Waals surface area contributed by atoms with Crippen molar-refractivity contribution >= 4 is 9.05 Å². The van der Waals surface area contributed by atoms with E-state index in [0.717, 1.165) is 6.54 Å². The molecular weight excluding hydrogens is 166 g/mol. The van der Waals surface area contributed by atoms with Crippen LogP contribution in [0.2, 0.25) is 0 Å². The van der Waals surface area contributed by atoms with E-state index in [-0.39, 0.29) is 0 Å². The van der Waals surface area contributed by atoms with E-state index >= 15 is 0 Å². The SMILES string of the molecule is CCCCCN.O[Si](O)(O)O. The van der Waals surface area contributed by atoms with Gasteiger partial charge in [-0.3, -0.25) is 0 Å². The second-order valence-corrected chi connectivity index (χ2v) is 3.30. The van der Waals surface area contributed by atoms with Gasteiger partial charge in [-0.15, -0.1) is 0 Å². The van der Waals surface area contributed by atoms with Crippen LogP contribution >= 0.6 is 0 Å². The topological polar surface area (TPSA) is 107 Å². The van der Waals surface area contributed by atoms with Gasteiger partial charge in [0.05, 0.1) is 0 Å². The van der Waals surface area contributed by atoms with E-state index in [0.29, 0.717) is 0 Å². The molecule has 0 aromatic heterocycles. The standard InChI is InChI=1S/C5H13N.H4O4Si/c1-2-3-4-5-6;1-5(2,3)4/h2-6H2,1H3;1-4H. The fourth-order valence-electron chi connectivity index (χ4n) is 0.394. The third kappa shape index (κ3) is 70.7. The Morgan fingerprint density at radius 1 is 1.09 bits per heavy atom. The van der Waals surface area contributed by atoms with Crippen LogP contribution in [0.3, 0.4) is 0 Å². The highest BCUT2D eigenvalue weighted by molar-refractivity contribution is 6.46. The maximum atomic E-state index is 7.33. The summed E-state index contributed by atoms with van der Waals surface area (Å²) in [5.74, 6) is 0. The molecule has 0 fully saturated rings. The van der Waals surface area contributed by atoms with Crippen LogP contribution in [0.1, 0.15) is 26.2 Å². The molecule has 0 radical (unpaired) electrons. The number of nitrogens with two attached hydrogens (primary N) is 1. The summed E-state index contributed by atoms with van der Waals surface area (Å²) in [7, 11) is -4.61. The number of hydrogen-bond donors (Lipinski definition) is 5. The van der Waals surface area contributed by atoms with Gasteiger partial charge < -0.3 is 24.9 Å². The van der Waals surface area contributed by atoms with Gasteiger partial charge in [0, 0.05) is 0 Å². The second kappa shape index (κ2) is 8.12. The summed E-state index contributed by atoms with van der Waals surface area (Å²) < 4.78 is 0.